The van der Waals surface area contributed by atoms with Gasteiger partial charge in [0, 0.05) is 40.3 Å². The Labute approximate surface area is 67.0 Å². The molecule has 0 aliphatic rings. The maximum absolute atomic E-state index is 0. The SMILES string of the molecule is B.[LiH].[Ti].[V]. The van der Waals surface area contributed by atoms with Crippen LogP contribution < -0.4 is 0 Å². The predicted octanol–water partition coefficient (Wildman–Crippen LogP) is -1.84. The van der Waals surface area contributed by atoms with Crippen molar-refractivity contribution in [1.82, 2.24) is 0 Å². The zero-order valence-electron chi connectivity index (χ0n) is 0.947. The van der Waals surface area contributed by atoms with Crippen LogP contribution in [-0.2, 0) is 40.3 Å². The summed E-state index contributed by atoms with van der Waals surface area (Å²) in [5.41, 5.74) is 0. The normalized spacial score (nSPS) is 0. The fourth-order valence-corrected chi connectivity index (χ4v) is 0. The molecule has 0 unspecified atom stereocenters. The van der Waals surface area contributed by atoms with Gasteiger partial charge < -0.3 is 0 Å². The van der Waals surface area contributed by atoms with E-state index in [2.05, 4.69) is 0 Å². The first-order chi connectivity index (χ1) is 0. The minimum atomic E-state index is 0. The van der Waals surface area contributed by atoms with Crippen LogP contribution in [0.3, 0.4) is 0 Å². The molecule has 0 aliphatic heterocycles. The van der Waals surface area contributed by atoms with Gasteiger partial charge in [0.1, 0.15) is 0 Å². The van der Waals surface area contributed by atoms with Gasteiger partial charge in [0.25, 0.3) is 0 Å². The standard InChI is InChI=1S/BH3.Li.Ti.V.H/h1H3;;;;. The zero-order valence-corrected chi connectivity index (χ0v) is 3.91. The number of rotatable bonds is 0. The van der Waals surface area contributed by atoms with Crippen molar-refractivity contribution in [2.24, 2.45) is 0 Å². The summed E-state index contributed by atoms with van der Waals surface area (Å²) in [6.07, 6.45) is 0. The smallest absolute Gasteiger partial charge is 0 e. The van der Waals surface area contributed by atoms with Gasteiger partial charge in [-0.15, -0.1) is 0 Å². The first-order valence-electron chi connectivity index (χ1n) is 0. The summed E-state index contributed by atoms with van der Waals surface area (Å²) in [5.74, 6) is 0. The van der Waals surface area contributed by atoms with Crippen molar-refractivity contribution in [3.05, 3.63) is 0 Å². The Hall–Kier alpha value is 1.96. The summed E-state index contributed by atoms with van der Waals surface area (Å²) in [6, 6.07) is 0. The van der Waals surface area contributed by atoms with E-state index >= 15 is 0 Å². The Morgan fingerprint density at radius 1 is 1.00 bits per heavy atom. The molecule has 0 nitrogen and oxygen atoms in total. The van der Waals surface area contributed by atoms with Gasteiger partial charge in [-0.3, -0.25) is 0 Å². The van der Waals surface area contributed by atoms with Gasteiger partial charge in [-0.25, -0.2) is 0 Å². The summed E-state index contributed by atoms with van der Waals surface area (Å²) < 4.78 is 0. The summed E-state index contributed by atoms with van der Waals surface area (Å²) in [7, 11) is 0. The molecule has 0 bridgehead atoms. The molecule has 17 valence electrons. The molecular weight excluding hydrogens is 117 g/mol. The van der Waals surface area contributed by atoms with E-state index in [1.54, 1.807) is 0 Å². The maximum atomic E-state index is 0. The Kier molecular flexibility index (Phi) is 193. The van der Waals surface area contributed by atoms with Crippen molar-refractivity contribution in [2.45, 2.75) is 0 Å². The van der Waals surface area contributed by atoms with Crippen LogP contribution in [-0.4, -0.2) is 27.3 Å². The fraction of sp³-hybridized carbons (Fsp3) is 0. The Morgan fingerprint density at radius 3 is 1.00 bits per heavy atom. The second-order valence-corrected chi connectivity index (χ2v) is 0. The predicted molar refractivity (Wildman–Crippen MR) is 17.1 cm³/mol. The molecule has 0 atom stereocenters. The molecule has 1 radical (unpaired) electrons. The van der Waals surface area contributed by atoms with E-state index in [0.717, 1.165) is 0 Å². The molecule has 0 aliphatic carbocycles. The van der Waals surface area contributed by atoms with Crippen LogP contribution in [0, 0.1) is 0 Å². The third-order valence-corrected chi connectivity index (χ3v) is 0. The second kappa shape index (κ2) is 20.2. The molecule has 0 aromatic carbocycles. The Bertz CT molecular complexity index is 8.00. The van der Waals surface area contributed by atoms with Crippen molar-refractivity contribution in [3.63, 3.8) is 0 Å². The minimum Gasteiger partial charge on any atom is 0 e. The van der Waals surface area contributed by atoms with E-state index in [-0.39, 0.29) is 67.5 Å². The maximum Gasteiger partial charge on any atom is 0 e. The van der Waals surface area contributed by atoms with E-state index in [1.807, 2.05) is 0 Å². The van der Waals surface area contributed by atoms with Crippen molar-refractivity contribution in [1.29, 1.82) is 0 Å². The van der Waals surface area contributed by atoms with E-state index in [0.29, 0.717) is 0 Å². The van der Waals surface area contributed by atoms with Crippen LogP contribution in [0.25, 0.3) is 0 Å². The first kappa shape index (κ1) is 38.2. The van der Waals surface area contributed by atoms with Gasteiger partial charge in [-0.05, 0) is 0 Å². The molecule has 0 N–H and O–H groups in total. The van der Waals surface area contributed by atoms with E-state index < -0.39 is 0 Å². The summed E-state index contributed by atoms with van der Waals surface area (Å²) in [6.45, 7) is 0. The van der Waals surface area contributed by atoms with E-state index in [1.165, 1.54) is 0 Å². The van der Waals surface area contributed by atoms with Gasteiger partial charge in [0.05, 0.1) is 8.41 Å². The average molecular weight is 121 g/mol. The third-order valence-electron chi connectivity index (χ3n) is 0. The fourth-order valence-electron chi connectivity index (χ4n) is 0. The molecule has 0 aromatic heterocycles. The van der Waals surface area contributed by atoms with Crippen LogP contribution in [0.4, 0.5) is 0 Å². The van der Waals surface area contributed by atoms with Crippen molar-refractivity contribution < 1.29 is 40.3 Å². The summed E-state index contributed by atoms with van der Waals surface area (Å²) >= 11 is 0. The third kappa shape index (κ3) is 9.03. The molecule has 4 heavy (non-hydrogen) atoms. The molecule has 0 saturated heterocycles. The topological polar surface area (TPSA) is 0 Å². The largest absolute Gasteiger partial charge is 0 e. The molecule has 0 fully saturated rings. The van der Waals surface area contributed by atoms with Crippen molar-refractivity contribution >= 4 is 27.3 Å². The van der Waals surface area contributed by atoms with Gasteiger partial charge in [-0.2, -0.15) is 0 Å². The monoisotopic (exact) mass is 121 g/mol. The molecule has 0 amide bonds. The van der Waals surface area contributed by atoms with Crippen molar-refractivity contribution in [2.75, 3.05) is 0 Å². The molecule has 0 saturated carbocycles. The quantitative estimate of drug-likeness (QED) is 0.330. The van der Waals surface area contributed by atoms with Crippen LogP contribution in [0.5, 0.6) is 0 Å². The summed E-state index contributed by atoms with van der Waals surface area (Å²) in [5, 5.41) is 0. The van der Waals surface area contributed by atoms with Gasteiger partial charge in [0.2, 0.25) is 0 Å². The average Bonchev–Trinajstić information content (AvgIpc) is 0. The van der Waals surface area contributed by atoms with Crippen LogP contribution >= 0.6 is 0 Å². The Balaban J connectivity index is 0. The van der Waals surface area contributed by atoms with Crippen LogP contribution in [0.15, 0.2) is 0 Å². The first-order valence-corrected chi connectivity index (χ1v) is 0. The van der Waals surface area contributed by atoms with Gasteiger partial charge in [-0.1, -0.05) is 0 Å². The van der Waals surface area contributed by atoms with E-state index in [9.17, 15) is 0 Å². The van der Waals surface area contributed by atoms with Crippen molar-refractivity contribution in [3.8, 4) is 0 Å². The minimum absolute atomic E-state index is 0. The second-order valence-electron chi connectivity index (χ2n) is 0. The molecule has 0 aromatic rings. The van der Waals surface area contributed by atoms with Gasteiger partial charge >= 0.3 is 18.9 Å². The molecule has 0 heterocycles. The number of hydrogen-bond donors (Lipinski definition) is 0. The summed E-state index contributed by atoms with van der Waals surface area (Å²) in [4.78, 5) is 0. The molecule has 4 heteroatoms. The van der Waals surface area contributed by atoms with Gasteiger partial charge in [0.15, 0.2) is 0 Å². The Morgan fingerprint density at radius 2 is 1.00 bits per heavy atom. The molecular formula is H4BLiTiV. The van der Waals surface area contributed by atoms with E-state index in [4.69, 9.17) is 0 Å². The van der Waals surface area contributed by atoms with Crippen LogP contribution in [0.1, 0.15) is 0 Å². The van der Waals surface area contributed by atoms with Crippen LogP contribution in [0.2, 0.25) is 0 Å². The molecule has 0 spiro atoms. The number of hydrogen-bond acceptors (Lipinski definition) is 0. The zero-order chi connectivity index (χ0) is 0. The molecule has 0 rings (SSSR count).